The summed E-state index contributed by atoms with van der Waals surface area (Å²) in [7, 11) is 3.31. The van der Waals surface area contributed by atoms with Gasteiger partial charge in [0.25, 0.3) is 0 Å². The number of benzene rings is 1. The van der Waals surface area contributed by atoms with Gasteiger partial charge in [-0.2, -0.15) is 5.26 Å². The van der Waals surface area contributed by atoms with E-state index in [9.17, 15) is 0 Å². The molecule has 0 aliphatic rings. The SMILES string of the molecule is COc1ccc(CCNCC#N)c(OC)c1C. The zero-order valence-corrected chi connectivity index (χ0v) is 10.5. The normalized spacial score (nSPS) is 9.76. The highest BCUT2D eigenvalue weighted by atomic mass is 16.5. The van der Waals surface area contributed by atoms with Crippen LogP contribution in [0.15, 0.2) is 12.1 Å². The number of nitrogens with zero attached hydrogens (tertiary/aromatic N) is 1. The van der Waals surface area contributed by atoms with Crippen LogP contribution in [0.3, 0.4) is 0 Å². The smallest absolute Gasteiger partial charge is 0.128 e. The van der Waals surface area contributed by atoms with Crippen LogP contribution in [0, 0.1) is 18.3 Å². The molecule has 0 aliphatic carbocycles. The van der Waals surface area contributed by atoms with Crippen molar-refractivity contribution < 1.29 is 9.47 Å². The summed E-state index contributed by atoms with van der Waals surface area (Å²) in [6.07, 6.45) is 0.829. The number of hydrogen-bond acceptors (Lipinski definition) is 4. The summed E-state index contributed by atoms with van der Waals surface area (Å²) in [4.78, 5) is 0. The minimum atomic E-state index is 0.372. The van der Waals surface area contributed by atoms with E-state index in [-0.39, 0.29) is 0 Å². The number of methoxy groups -OCH3 is 2. The number of nitriles is 1. The molecular weight excluding hydrogens is 216 g/mol. The Bertz CT molecular complexity index is 411. The predicted octanol–water partition coefficient (Wildman–Crippen LogP) is 1.67. The van der Waals surface area contributed by atoms with E-state index in [0.717, 1.165) is 35.6 Å². The van der Waals surface area contributed by atoms with E-state index in [4.69, 9.17) is 14.7 Å². The Kier molecular flexibility index (Phi) is 5.31. The van der Waals surface area contributed by atoms with Crippen LogP contribution in [0.1, 0.15) is 11.1 Å². The van der Waals surface area contributed by atoms with Gasteiger partial charge in [-0.1, -0.05) is 6.07 Å². The maximum Gasteiger partial charge on any atom is 0.128 e. The van der Waals surface area contributed by atoms with Crippen LogP contribution in [0.25, 0.3) is 0 Å². The zero-order valence-electron chi connectivity index (χ0n) is 10.5. The minimum Gasteiger partial charge on any atom is -0.496 e. The monoisotopic (exact) mass is 234 g/mol. The van der Waals surface area contributed by atoms with Gasteiger partial charge < -0.3 is 14.8 Å². The Morgan fingerprint density at radius 1 is 1.29 bits per heavy atom. The lowest BCUT2D eigenvalue weighted by atomic mass is 10.1. The van der Waals surface area contributed by atoms with Gasteiger partial charge in [0.2, 0.25) is 0 Å². The molecule has 0 spiro atoms. The molecule has 0 heterocycles. The minimum absolute atomic E-state index is 0.372. The summed E-state index contributed by atoms with van der Waals surface area (Å²) in [6, 6.07) is 5.99. The first-order valence-corrected chi connectivity index (χ1v) is 5.52. The van der Waals surface area contributed by atoms with Gasteiger partial charge in [-0.25, -0.2) is 0 Å². The Labute approximate surface area is 102 Å². The van der Waals surface area contributed by atoms with Crippen LogP contribution in [0.5, 0.6) is 11.5 Å². The van der Waals surface area contributed by atoms with Crippen LogP contribution in [0.4, 0.5) is 0 Å². The molecule has 0 atom stereocenters. The number of ether oxygens (including phenoxy) is 2. The second kappa shape index (κ2) is 6.77. The van der Waals surface area contributed by atoms with E-state index < -0.39 is 0 Å². The first-order chi connectivity index (χ1) is 8.24. The van der Waals surface area contributed by atoms with Crippen molar-refractivity contribution in [2.24, 2.45) is 0 Å². The highest BCUT2D eigenvalue weighted by Gasteiger charge is 2.10. The summed E-state index contributed by atoms with van der Waals surface area (Å²) in [5.74, 6) is 1.69. The lowest BCUT2D eigenvalue weighted by Gasteiger charge is -2.14. The summed E-state index contributed by atoms with van der Waals surface area (Å²) in [6.45, 7) is 3.11. The molecule has 0 fully saturated rings. The van der Waals surface area contributed by atoms with Gasteiger partial charge in [0.05, 0.1) is 26.8 Å². The average molecular weight is 234 g/mol. The van der Waals surface area contributed by atoms with E-state index in [0.29, 0.717) is 6.54 Å². The summed E-state index contributed by atoms with van der Waals surface area (Å²) in [5, 5.41) is 11.5. The quantitative estimate of drug-likeness (QED) is 0.601. The van der Waals surface area contributed by atoms with Crippen molar-refractivity contribution >= 4 is 0 Å². The fourth-order valence-corrected chi connectivity index (χ4v) is 1.80. The highest BCUT2D eigenvalue weighted by molar-refractivity contribution is 5.49. The average Bonchev–Trinajstić information content (AvgIpc) is 2.35. The van der Waals surface area contributed by atoms with Crippen molar-refractivity contribution in [2.75, 3.05) is 27.3 Å². The van der Waals surface area contributed by atoms with Gasteiger partial charge in [-0.15, -0.1) is 0 Å². The summed E-state index contributed by atoms with van der Waals surface area (Å²) < 4.78 is 10.6. The fourth-order valence-electron chi connectivity index (χ4n) is 1.80. The Balaban J connectivity index is 2.78. The summed E-state index contributed by atoms with van der Waals surface area (Å²) in [5.41, 5.74) is 2.13. The molecule has 0 amide bonds. The molecule has 4 heteroatoms. The third-order valence-electron chi connectivity index (χ3n) is 2.64. The third-order valence-corrected chi connectivity index (χ3v) is 2.64. The molecule has 0 aliphatic heterocycles. The second-order valence-corrected chi connectivity index (χ2v) is 3.67. The largest absolute Gasteiger partial charge is 0.496 e. The fraction of sp³-hybridized carbons (Fsp3) is 0.462. The van der Waals surface area contributed by atoms with Crippen LogP contribution in [-0.2, 0) is 6.42 Å². The van der Waals surface area contributed by atoms with Gasteiger partial charge in [-0.3, -0.25) is 0 Å². The van der Waals surface area contributed by atoms with Crippen molar-refractivity contribution in [2.45, 2.75) is 13.3 Å². The first-order valence-electron chi connectivity index (χ1n) is 5.52. The van der Waals surface area contributed by atoms with Crippen molar-refractivity contribution in [3.8, 4) is 17.6 Å². The van der Waals surface area contributed by atoms with E-state index >= 15 is 0 Å². The maximum atomic E-state index is 8.42. The van der Waals surface area contributed by atoms with Crippen molar-refractivity contribution in [1.29, 1.82) is 5.26 Å². The highest BCUT2D eigenvalue weighted by Crippen LogP contribution is 2.31. The van der Waals surface area contributed by atoms with E-state index in [2.05, 4.69) is 5.32 Å². The molecule has 1 N–H and O–H groups in total. The molecule has 0 aromatic heterocycles. The van der Waals surface area contributed by atoms with E-state index in [1.165, 1.54) is 0 Å². The van der Waals surface area contributed by atoms with E-state index in [1.807, 2.05) is 25.1 Å². The lowest BCUT2D eigenvalue weighted by Crippen LogP contribution is -2.17. The molecule has 0 saturated carbocycles. The van der Waals surface area contributed by atoms with Crippen LogP contribution >= 0.6 is 0 Å². The molecule has 1 rings (SSSR count). The van der Waals surface area contributed by atoms with Crippen molar-refractivity contribution in [1.82, 2.24) is 5.32 Å². The van der Waals surface area contributed by atoms with E-state index in [1.54, 1.807) is 14.2 Å². The Morgan fingerprint density at radius 2 is 2.06 bits per heavy atom. The lowest BCUT2D eigenvalue weighted by molar-refractivity contribution is 0.385. The van der Waals surface area contributed by atoms with Gasteiger partial charge in [0.15, 0.2) is 0 Å². The molecule has 4 nitrogen and oxygen atoms in total. The molecule has 92 valence electrons. The Morgan fingerprint density at radius 3 is 2.65 bits per heavy atom. The van der Waals surface area contributed by atoms with Gasteiger partial charge in [-0.05, 0) is 25.0 Å². The van der Waals surface area contributed by atoms with Crippen molar-refractivity contribution in [3.05, 3.63) is 23.3 Å². The molecule has 0 bridgehead atoms. The Hall–Kier alpha value is -1.73. The van der Waals surface area contributed by atoms with Crippen LogP contribution in [0.2, 0.25) is 0 Å². The molecule has 0 unspecified atom stereocenters. The van der Waals surface area contributed by atoms with Gasteiger partial charge in [0.1, 0.15) is 11.5 Å². The van der Waals surface area contributed by atoms with Crippen LogP contribution < -0.4 is 14.8 Å². The van der Waals surface area contributed by atoms with Crippen LogP contribution in [-0.4, -0.2) is 27.3 Å². The topological polar surface area (TPSA) is 54.3 Å². The number of nitrogens with one attached hydrogen (secondary N) is 1. The summed E-state index contributed by atoms with van der Waals surface area (Å²) >= 11 is 0. The third kappa shape index (κ3) is 3.36. The standard InChI is InChI=1S/C13H18N2O2/c1-10-12(16-2)5-4-11(13(10)17-3)6-8-15-9-7-14/h4-5,15H,6,8-9H2,1-3H3. The first kappa shape index (κ1) is 13.3. The molecule has 0 radical (unpaired) electrons. The predicted molar refractivity (Wildman–Crippen MR) is 66.5 cm³/mol. The maximum absolute atomic E-state index is 8.42. The van der Waals surface area contributed by atoms with Crippen molar-refractivity contribution in [3.63, 3.8) is 0 Å². The van der Waals surface area contributed by atoms with Gasteiger partial charge >= 0.3 is 0 Å². The molecular formula is C13H18N2O2. The molecule has 17 heavy (non-hydrogen) atoms. The second-order valence-electron chi connectivity index (χ2n) is 3.67. The van der Waals surface area contributed by atoms with Gasteiger partial charge in [0, 0.05) is 12.1 Å². The number of rotatable bonds is 6. The molecule has 1 aromatic carbocycles. The number of hydrogen-bond donors (Lipinski definition) is 1. The zero-order chi connectivity index (χ0) is 12.7. The molecule has 0 saturated heterocycles. The molecule has 1 aromatic rings.